The largest absolute Gasteiger partial charge is 0.305 e. The first kappa shape index (κ1) is 11.9. The average Bonchev–Trinajstić information content (AvgIpc) is 2.02. The van der Waals surface area contributed by atoms with Gasteiger partial charge < -0.3 is 9.80 Å². The van der Waals surface area contributed by atoms with Crippen molar-refractivity contribution in [1.29, 1.82) is 0 Å². The van der Waals surface area contributed by atoms with Crippen molar-refractivity contribution in [1.82, 2.24) is 9.80 Å². The van der Waals surface area contributed by atoms with Crippen molar-refractivity contribution in [2.24, 2.45) is 0 Å². The Hall–Kier alpha value is -0.0800. The molecule has 0 aromatic carbocycles. The zero-order valence-electron chi connectivity index (χ0n) is 9.52. The van der Waals surface area contributed by atoms with Crippen LogP contribution in [0.3, 0.4) is 0 Å². The number of hydrogen-bond donors (Lipinski definition) is 0. The van der Waals surface area contributed by atoms with Crippen LogP contribution in [0, 0.1) is 0 Å². The monoisotopic (exact) mass is 172 g/mol. The fourth-order valence-electron chi connectivity index (χ4n) is 1.32. The quantitative estimate of drug-likeness (QED) is 0.622. The van der Waals surface area contributed by atoms with E-state index in [0.717, 1.165) is 19.6 Å². The molecular weight excluding hydrogens is 148 g/mol. The molecule has 2 nitrogen and oxygen atoms in total. The molecule has 12 heavy (non-hydrogen) atoms. The van der Waals surface area contributed by atoms with Crippen molar-refractivity contribution in [2.45, 2.75) is 33.2 Å². The molecule has 0 aliphatic carbocycles. The maximum atomic E-state index is 2.39. The molecule has 0 heterocycles. The lowest BCUT2D eigenvalue weighted by Gasteiger charge is -2.37. The molecule has 0 aliphatic rings. The van der Waals surface area contributed by atoms with E-state index in [2.05, 4.69) is 51.6 Å². The van der Waals surface area contributed by atoms with Crippen molar-refractivity contribution in [3.8, 4) is 0 Å². The lowest BCUT2D eigenvalue weighted by atomic mass is 10.0. The van der Waals surface area contributed by atoms with Gasteiger partial charge in [0.1, 0.15) is 0 Å². The van der Waals surface area contributed by atoms with Gasteiger partial charge in [-0.15, -0.1) is 0 Å². The molecule has 0 saturated carbocycles. The van der Waals surface area contributed by atoms with Gasteiger partial charge in [-0.1, -0.05) is 13.8 Å². The molecule has 2 heteroatoms. The first-order valence-electron chi connectivity index (χ1n) is 4.83. The molecule has 0 aliphatic heterocycles. The zero-order valence-corrected chi connectivity index (χ0v) is 9.52. The second kappa shape index (κ2) is 4.83. The lowest BCUT2D eigenvalue weighted by Crippen LogP contribution is -2.48. The Morgan fingerprint density at radius 2 is 1.50 bits per heavy atom. The Morgan fingerprint density at radius 3 is 1.83 bits per heavy atom. The Bertz CT molecular complexity index is 121. The summed E-state index contributed by atoms with van der Waals surface area (Å²) in [6.45, 7) is 12.4. The molecule has 0 N–H and O–H groups in total. The Balaban J connectivity index is 4.02. The predicted octanol–water partition coefficient (Wildman–Crippen LogP) is 1.67. The summed E-state index contributed by atoms with van der Waals surface area (Å²) in [6.07, 6.45) is 0. The van der Waals surface area contributed by atoms with Gasteiger partial charge in [-0.25, -0.2) is 0 Å². The van der Waals surface area contributed by atoms with E-state index in [9.17, 15) is 0 Å². The van der Waals surface area contributed by atoms with Crippen LogP contribution in [-0.2, 0) is 0 Å². The van der Waals surface area contributed by atoms with Crippen LogP contribution in [0.4, 0.5) is 0 Å². The number of hydrogen-bond acceptors (Lipinski definition) is 2. The van der Waals surface area contributed by atoms with Crippen molar-refractivity contribution in [3.05, 3.63) is 0 Å². The van der Waals surface area contributed by atoms with E-state index in [-0.39, 0.29) is 0 Å². The van der Waals surface area contributed by atoms with E-state index in [0.29, 0.717) is 5.54 Å². The van der Waals surface area contributed by atoms with Crippen LogP contribution >= 0.6 is 0 Å². The van der Waals surface area contributed by atoms with Gasteiger partial charge in [0.05, 0.1) is 0 Å². The lowest BCUT2D eigenvalue weighted by molar-refractivity contribution is 0.117. The van der Waals surface area contributed by atoms with Gasteiger partial charge in [0.25, 0.3) is 0 Å². The topological polar surface area (TPSA) is 6.48 Å². The smallest absolute Gasteiger partial charge is 0.0276 e. The summed E-state index contributed by atoms with van der Waals surface area (Å²) >= 11 is 0. The van der Waals surface area contributed by atoms with Crippen LogP contribution in [-0.4, -0.2) is 49.1 Å². The SMILES string of the molecule is CCN(C)CC(C)(C)N(C)CC. The van der Waals surface area contributed by atoms with Gasteiger partial charge in [-0.2, -0.15) is 0 Å². The molecule has 0 aromatic heterocycles. The van der Waals surface area contributed by atoms with Gasteiger partial charge in [0.2, 0.25) is 0 Å². The fourth-order valence-corrected chi connectivity index (χ4v) is 1.32. The highest BCUT2D eigenvalue weighted by Gasteiger charge is 2.23. The third-order valence-electron chi connectivity index (χ3n) is 2.70. The highest BCUT2D eigenvalue weighted by atomic mass is 15.2. The molecule has 0 unspecified atom stereocenters. The minimum absolute atomic E-state index is 0.291. The van der Waals surface area contributed by atoms with Crippen LogP contribution < -0.4 is 0 Å². The van der Waals surface area contributed by atoms with Crippen molar-refractivity contribution in [3.63, 3.8) is 0 Å². The van der Waals surface area contributed by atoms with Crippen LogP contribution in [0.5, 0.6) is 0 Å². The van der Waals surface area contributed by atoms with Crippen LogP contribution in [0.2, 0.25) is 0 Å². The summed E-state index contributed by atoms with van der Waals surface area (Å²) in [5.74, 6) is 0. The zero-order chi connectivity index (χ0) is 9.78. The van der Waals surface area contributed by atoms with Crippen molar-refractivity contribution >= 4 is 0 Å². The fraction of sp³-hybridized carbons (Fsp3) is 1.00. The van der Waals surface area contributed by atoms with Gasteiger partial charge in [-0.05, 0) is 41.0 Å². The molecule has 0 spiro atoms. The predicted molar refractivity (Wildman–Crippen MR) is 55.6 cm³/mol. The summed E-state index contributed by atoms with van der Waals surface area (Å²) in [5, 5.41) is 0. The first-order chi connectivity index (χ1) is 5.44. The van der Waals surface area contributed by atoms with E-state index >= 15 is 0 Å². The molecule has 0 amide bonds. The molecule has 0 rings (SSSR count). The molecule has 0 aromatic rings. The minimum Gasteiger partial charge on any atom is -0.305 e. The van der Waals surface area contributed by atoms with E-state index in [1.807, 2.05) is 0 Å². The van der Waals surface area contributed by atoms with Crippen LogP contribution in [0.25, 0.3) is 0 Å². The van der Waals surface area contributed by atoms with Crippen molar-refractivity contribution < 1.29 is 0 Å². The molecule has 74 valence electrons. The van der Waals surface area contributed by atoms with E-state index in [1.54, 1.807) is 0 Å². The highest BCUT2D eigenvalue weighted by molar-refractivity contribution is 4.81. The Labute approximate surface area is 77.5 Å². The van der Waals surface area contributed by atoms with Crippen LogP contribution in [0.15, 0.2) is 0 Å². The number of rotatable bonds is 5. The third kappa shape index (κ3) is 3.55. The van der Waals surface area contributed by atoms with Gasteiger partial charge in [0.15, 0.2) is 0 Å². The first-order valence-corrected chi connectivity index (χ1v) is 4.83. The normalized spacial score (nSPS) is 13.0. The molecule has 0 fully saturated rings. The summed E-state index contributed by atoms with van der Waals surface area (Å²) in [6, 6.07) is 0. The second-order valence-corrected chi connectivity index (χ2v) is 4.16. The summed E-state index contributed by atoms with van der Waals surface area (Å²) < 4.78 is 0. The highest BCUT2D eigenvalue weighted by Crippen LogP contribution is 2.12. The summed E-state index contributed by atoms with van der Waals surface area (Å²) in [5.41, 5.74) is 0.291. The maximum Gasteiger partial charge on any atom is 0.0276 e. The second-order valence-electron chi connectivity index (χ2n) is 4.16. The summed E-state index contributed by atoms with van der Waals surface area (Å²) in [7, 11) is 4.36. The number of likely N-dealkylation sites (N-methyl/N-ethyl adjacent to an activating group) is 2. The molecule has 0 bridgehead atoms. The molecule has 0 saturated heterocycles. The standard InChI is InChI=1S/C10H24N2/c1-7-11(5)9-10(3,4)12(6)8-2/h7-9H2,1-6H3. The molecule has 0 radical (unpaired) electrons. The van der Waals surface area contributed by atoms with E-state index < -0.39 is 0 Å². The van der Waals surface area contributed by atoms with Crippen LogP contribution in [0.1, 0.15) is 27.7 Å². The maximum absolute atomic E-state index is 2.39. The molecular formula is C10H24N2. The Morgan fingerprint density at radius 1 is 1.00 bits per heavy atom. The molecule has 0 atom stereocenters. The van der Waals surface area contributed by atoms with Crippen molar-refractivity contribution in [2.75, 3.05) is 33.7 Å². The number of nitrogens with zero attached hydrogens (tertiary/aromatic N) is 2. The van der Waals surface area contributed by atoms with E-state index in [1.165, 1.54) is 0 Å². The van der Waals surface area contributed by atoms with Gasteiger partial charge in [0, 0.05) is 12.1 Å². The average molecular weight is 172 g/mol. The van der Waals surface area contributed by atoms with E-state index in [4.69, 9.17) is 0 Å². The minimum atomic E-state index is 0.291. The summed E-state index contributed by atoms with van der Waals surface area (Å²) in [4.78, 5) is 4.74. The third-order valence-corrected chi connectivity index (χ3v) is 2.70. The van der Waals surface area contributed by atoms with Gasteiger partial charge >= 0.3 is 0 Å². The van der Waals surface area contributed by atoms with Gasteiger partial charge in [-0.3, -0.25) is 0 Å². The Kier molecular flexibility index (Phi) is 4.80.